The molecule has 5 aromatic rings. The minimum absolute atomic E-state index is 0.138. The number of aromatic nitrogens is 5. The molecule has 1 atom stereocenters. The van der Waals surface area contributed by atoms with Gasteiger partial charge in [-0.1, -0.05) is 60.7 Å². The maximum absolute atomic E-state index is 13.6. The number of nitrogens with one attached hydrogen (secondary N) is 1. The number of pyridine rings is 1. The number of rotatable bonds is 8. The molecule has 0 unspecified atom stereocenters. The van der Waals surface area contributed by atoms with Crippen LogP contribution in [0.2, 0.25) is 0 Å². The number of likely N-dealkylation sites (tertiary alicyclic amines) is 1. The van der Waals surface area contributed by atoms with Gasteiger partial charge in [0.25, 0.3) is 5.56 Å². The molecule has 1 N–H and O–H groups in total. The molecule has 0 amide bonds. The van der Waals surface area contributed by atoms with Crippen LogP contribution >= 0.6 is 0 Å². The van der Waals surface area contributed by atoms with Gasteiger partial charge in [0, 0.05) is 11.6 Å². The van der Waals surface area contributed by atoms with Gasteiger partial charge in [0.1, 0.15) is 11.8 Å². The number of aromatic amines is 1. The van der Waals surface area contributed by atoms with Crippen molar-refractivity contribution in [3.8, 4) is 5.75 Å². The molecule has 6 rings (SSSR count). The van der Waals surface area contributed by atoms with E-state index in [4.69, 9.17) is 4.74 Å². The van der Waals surface area contributed by atoms with Crippen LogP contribution in [-0.2, 0) is 13.0 Å². The summed E-state index contributed by atoms with van der Waals surface area (Å²) in [6.45, 7) is 2.26. The van der Waals surface area contributed by atoms with Crippen molar-refractivity contribution < 1.29 is 4.74 Å². The zero-order valence-corrected chi connectivity index (χ0v) is 22.0. The summed E-state index contributed by atoms with van der Waals surface area (Å²) in [5.41, 5.74) is 3.73. The van der Waals surface area contributed by atoms with E-state index in [1.54, 1.807) is 7.11 Å². The fraction of sp³-hybridized carbons (Fsp3) is 0.290. The van der Waals surface area contributed by atoms with Gasteiger partial charge in [-0.15, -0.1) is 5.10 Å². The molecular formula is C31H32N6O2. The van der Waals surface area contributed by atoms with Crippen LogP contribution < -0.4 is 10.3 Å². The molecule has 8 heteroatoms. The fourth-order valence-electron chi connectivity index (χ4n) is 5.67. The number of fused-ring (bicyclic) bond motifs is 1. The topological polar surface area (TPSA) is 88.9 Å². The second-order valence-electron chi connectivity index (χ2n) is 10.3. The number of benzene rings is 3. The Bertz CT molecular complexity index is 1590. The molecule has 0 aliphatic carbocycles. The number of nitrogens with zero attached hydrogens (tertiary/aromatic N) is 5. The first kappa shape index (κ1) is 25.0. The van der Waals surface area contributed by atoms with Gasteiger partial charge in [-0.2, -0.15) is 0 Å². The lowest BCUT2D eigenvalue weighted by molar-refractivity contribution is 0.143. The van der Waals surface area contributed by atoms with Crippen molar-refractivity contribution in [3.63, 3.8) is 0 Å². The summed E-state index contributed by atoms with van der Waals surface area (Å²) in [5.74, 6) is 1.99. The van der Waals surface area contributed by atoms with E-state index in [0.717, 1.165) is 48.8 Å². The fourth-order valence-corrected chi connectivity index (χ4v) is 5.67. The van der Waals surface area contributed by atoms with E-state index >= 15 is 0 Å². The quantitative estimate of drug-likeness (QED) is 0.321. The van der Waals surface area contributed by atoms with Gasteiger partial charge in [0.2, 0.25) is 0 Å². The zero-order valence-electron chi connectivity index (χ0n) is 22.0. The molecular weight excluding hydrogens is 488 g/mol. The summed E-state index contributed by atoms with van der Waals surface area (Å²) in [7, 11) is 1.62. The van der Waals surface area contributed by atoms with E-state index in [-0.39, 0.29) is 11.6 Å². The van der Waals surface area contributed by atoms with Gasteiger partial charge >= 0.3 is 0 Å². The minimum atomic E-state index is -0.364. The normalized spacial score (nSPS) is 15.4. The lowest BCUT2D eigenvalue weighted by atomic mass is 9.89. The molecule has 198 valence electrons. The molecule has 1 aliphatic rings. The van der Waals surface area contributed by atoms with Gasteiger partial charge in [-0.05, 0) is 83.4 Å². The summed E-state index contributed by atoms with van der Waals surface area (Å²) in [4.78, 5) is 19.0. The van der Waals surface area contributed by atoms with Crippen molar-refractivity contribution >= 4 is 10.9 Å². The number of hydrogen-bond donors (Lipinski definition) is 1. The van der Waals surface area contributed by atoms with Crippen molar-refractivity contribution in [2.75, 3.05) is 20.2 Å². The van der Waals surface area contributed by atoms with Crippen molar-refractivity contribution in [1.29, 1.82) is 0 Å². The maximum Gasteiger partial charge on any atom is 0.253 e. The third kappa shape index (κ3) is 5.47. The number of piperidine rings is 1. The van der Waals surface area contributed by atoms with Gasteiger partial charge in [-0.25, -0.2) is 4.68 Å². The molecule has 2 aromatic heterocycles. The van der Waals surface area contributed by atoms with E-state index in [9.17, 15) is 4.79 Å². The second-order valence-corrected chi connectivity index (χ2v) is 10.3. The number of methoxy groups -OCH3 is 1. The Labute approximate surface area is 227 Å². The number of hydrogen-bond acceptors (Lipinski definition) is 6. The zero-order chi connectivity index (χ0) is 26.6. The lowest BCUT2D eigenvalue weighted by Gasteiger charge is -2.37. The molecule has 3 heterocycles. The first-order chi connectivity index (χ1) is 19.2. The average Bonchev–Trinajstić information content (AvgIpc) is 3.42. The van der Waals surface area contributed by atoms with E-state index < -0.39 is 0 Å². The molecule has 0 radical (unpaired) electrons. The van der Waals surface area contributed by atoms with Crippen LogP contribution in [0.4, 0.5) is 0 Å². The molecule has 8 nitrogen and oxygen atoms in total. The molecule has 39 heavy (non-hydrogen) atoms. The Balaban J connectivity index is 1.35. The summed E-state index contributed by atoms with van der Waals surface area (Å²) in [6.07, 6.45) is 3.17. The van der Waals surface area contributed by atoms with E-state index in [1.807, 2.05) is 47.1 Å². The van der Waals surface area contributed by atoms with Gasteiger partial charge in [0.05, 0.1) is 19.2 Å². The Kier molecular flexibility index (Phi) is 7.19. The minimum Gasteiger partial charge on any atom is -0.497 e. The Morgan fingerprint density at radius 1 is 0.949 bits per heavy atom. The number of H-pyrrole nitrogens is 1. The summed E-state index contributed by atoms with van der Waals surface area (Å²) < 4.78 is 7.19. The standard InChI is InChI=1S/C31H32N6O2/c1-39-26-13-12-25-19-27(31(38)32-28(25)20-26)29(30-33-34-35-37(30)21-24-10-6-3-7-11-24)36-16-14-23(15-17-36)18-22-8-4-2-5-9-22/h2-13,19-20,23,29H,14-18,21H2,1H3,(H,32,38)/t29-/m1/s1. The maximum atomic E-state index is 13.6. The van der Waals surface area contributed by atoms with Crippen LogP contribution in [0.1, 0.15) is 41.4 Å². The lowest BCUT2D eigenvalue weighted by Crippen LogP contribution is -2.41. The highest BCUT2D eigenvalue weighted by Gasteiger charge is 2.33. The van der Waals surface area contributed by atoms with Gasteiger partial charge < -0.3 is 9.72 Å². The molecule has 3 aromatic carbocycles. The van der Waals surface area contributed by atoms with Crippen molar-refractivity contribution in [3.05, 3.63) is 118 Å². The Hall–Kier alpha value is -4.30. The van der Waals surface area contributed by atoms with Crippen LogP contribution in [0.15, 0.2) is 89.7 Å². The second kappa shape index (κ2) is 11.2. The third-order valence-electron chi connectivity index (χ3n) is 7.74. The summed E-state index contributed by atoms with van der Waals surface area (Å²) in [6, 6.07) is 28.2. The first-order valence-electron chi connectivity index (χ1n) is 13.5. The predicted molar refractivity (Wildman–Crippen MR) is 151 cm³/mol. The van der Waals surface area contributed by atoms with E-state index in [0.29, 0.717) is 29.6 Å². The van der Waals surface area contributed by atoms with Gasteiger partial charge in [0.15, 0.2) is 5.82 Å². The smallest absolute Gasteiger partial charge is 0.253 e. The highest BCUT2D eigenvalue weighted by atomic mass is 16.5. The Morgan fingerprint density at radius 2 is 1.67 bits per heavy atom. The van der Waals surface area contributed by atoms with E-state index in [1.165, 1.54) is 5.56 Å². The van der Waals surface area contributed by atoms with Crippen LogP contribution in [0.5, 0.6) is 5.75 Å². The highest BCUT2D eigenvalue weighted by Crippen LogP contribution is 2.32. The number of tetrazole rings is 1. The average molecular weight is 521 g/mol. The molecule has 0 spiro atoms. The highest BCUT2D eigenvalue weighted by molar-refractivity contribution is 5.80. The third-order valence-corrected chi connectivity index (χ3v) is 7.74. The monoisotopic (exact) mass is 520 g/mol. The molecule has 1 aliphatic heterocycles. The summed E-state index contributed by atoms with van der Waals surface area (Å²) in [5, 5.41) is 13.8. The van der Waals surface area contributed by atoms with Crippen LogP contribution in [-0.4, -0.2) is 50.3 Å². The summed E-state index contributed by atoms with van der Waals surface area (Å²) >= 11 is 0. The van der Waals surface area contributed by atoms with Crippen molar-refractivity contribution in [2.45, 2.75) is 31.8 Å². The SMILES string of the molecule is COc1ccc2cc([C@H](c3nnnn3Cc3ccccc3)N3CCC(Cc4ccccc4)CC3)c(=O)[nH]c2c1. The molecule has 0 bridgehead atoms. The number of ether oxygens (including phenoxy) is 1. The first-order valence-corrected chi connectivity index (χ1v) is 13.5. The molecule has 1 fully saturated rings. The van der Waals surface area contributed by atoms with Crippen LogP contribution in [0.3, 0.4) is 0 Å². The largest absolute Gasteiger partial charge is 0.497 e. The van der Waals surface area contributed by atoms with Crippen LogP contribution in [0.25, 0.3) is 10.9 Å². The van der Waals surface area contributed by atoms with Crippen molar-refractivity contribution in [2.24, 2.45) is 5.92 Å². The molecule has 1 saturated heterocycles. The molecule has 0 saturated carbocycles. The Morgan fingerprint density at radius 3 is 2.38 bits per heavy atom. The van der Waals surface area contributed by atoms with E-state index in [2.05, 4.69) is 67.9 Å². The van der Waals surface area contributed by atoms with Crippen molar-refractivity contribution in [1.82, 2.24) is 30.1 Å². The predicted octanol–water partition coefficient (Wildman–Crippen LogP) is 4.62. The van der Waals surface area contributed by atoms with Crippen LogP contribution in [0, 0.1) is 5.92 Å². The van der Waals surface area contributed by atoms with Gasteiger partial charge in [-0.3, -0.25) is 9.69 Å².